The van der Waals surface area contributed by atoms with Gasteiger partial charge in [0.15, 0.2) is 16.8 Å². The van der Waals surface area contributed by atoms with E-state index in [0.29, 0.717) is 27.8 Å². The number of carbonyl (C=O) groups is 1. The highest BCUT2D eigenvalue weighted by Crippen LogP contribution is 2.25. The molecule has 0 aliphatic rings. The maximum atomic E-state index is 13.3. The third kappa shape index (κ3) is 3.97. The molecule has 0 saturated heterocycles. The number of aryl methyl sites for hydroxylation is 1. The molecule has 142 valence electrons. The molecule has 1 N–H and O–H groups in total. The number of benzene rings is 1. The second-order valence-corrected chi connectivity index (χ2v) is 7.92. The smallest absolute Gasteiger partial charge is 0.276 e. The second-order valence-electron chi connectivity index (χ2n) is 5.95. The molecule has 1 amide bonds. The van der Waals surface area contributed by atoms with Crippen LogP contribution >= 0.6 is 22.7 Å². The topological polar surface area (TPSA) is 72.7 Å². The van der Waals surface area contributed by atoms with Gasteiger partial charge in [0, 0.05) is 41.7 Å². The maximum absolute atomic E-state index is 13.3. The van der Waals surface area contributed by atoms with E-state index in [0.717, 1.165) is 22.6 Å². The van der Waals surface area contributed by atoms with Gasteiger partial charge in [-0.15, -0.1) is 22.7 Å². The third-order valence-corrected chi connectivity index (χ3v) is 5.63. The number of thiazole rings is 2. The third-order valence-electron chi connectivity index (χ3n) is 3.83. The number of rotatable bonds is 5. The lowest BCUT2D eigenvalue weighted by Gasteiger charge is -2.00. The van der Waals surface area contributed by atoms with Crippen LogP contribution in [0.15, 0.2) is 42.2 Å². The van der Waals surface area contributed by atoms with Crippen molar-refractivity contribution in [3.63, 3.8) is 0 Å². The van der Waals surface area contributed by atoms with E-state index in [-0.39, 0.29) is 5.91 Å². The van der Waals surface area contributed by atoms with Gasteiger partial charge in [0.2, 0.25) is 0 Å². The van der Waals surface area contributed by atoms with E-state index in [4.69, 9.17) is 0 Å². The highest BCUT2D eigenvalue weighted by molar-refractivity contribution is 7.15. The second kappa shape index (κ2) is 7.56. The summed E-state index contributed by atoms with van der Waals surface area (Å²) in [6, 6.07) is 3.77. The number of carbonyl (C=O) groups excluding carboxylic acids is 1. The zero-order chi connectivity index (χ0) is 19.7. The fourth-order valence-corrected chi connectivity index (χ4v) is 4.12. The summed E-state index contributed by atoms with van der Waals surface area (Å²) >= 11 is 2.63. The quantitative estimate of drug-likeness (QED) is 0.530. The van der Waals surface area contributed by atoms with Crippen molar-refractivity contribution in [2.24, 2.45) is 7.05 Å². The summed E-state index contributed by atoms with van der Waals surface area (Å²) in [4.78, 5) is 21.7. The SMILES string of the molecule is Cn1cc(-c2nc(C(=O)Nc3ncc(Cc4ccc(F)c(F)c4)s3)cs2)cn1. The van der Waals surface area contributed by atoms with Crippen molar-refractivity contribution in [3.05, 3.63) is 69.9 Å². The molecule has 0 saturated carbocycles. The fourth-order valence-electron chi connectivity index (χ4n) is 2.50. The minimum Gasteiger partial charge on any atom is -0.296 e. The molecule has 28 heavy (non-hydrogen) atoms. The highest BCUT2D eigenvalue weighted by Gasteiger charge is 2.15. The van der Waals surface area contributed by atoms with Crippen molar-refractivity contribution in [1.82, 2.24) is 19.7 Å². The van der Waals surface area contributed by atoms with Gasteiger partial charge in [0.05, 0.1) is 6.20 Å². The molecule has 0 radical (unpaired) electrons. The largest absolute Gasteiger partial charge is 0.296 e. The normalized spacial score (nSPS) is 11.0. The summed E-state index contributed by atoms with van der Waals surface area (Å²) in [6.45, 7) is 0. The average molecular weight is 417 g/mol. The minimum absolute atomic E-state index is 0.293. The van der Waals surface area contributed by atoms with E-state index in [9.17, 15) is 13.6 Å². The van der Waals surface area contributed by atoms with Gasteiger partial charge in [-0.25, -0.2) is 18.7 Å². The van der Waals surface area contributed by atoms with Crippen LogP contribution in [0, 0.1) is 11.6 Å². The molecular formula is C18H13F2N5OS2. The molecule has 0 fully saturated rings. The first-order valence-electron chi connectivity index (χ1n) is 8.12. The number of nitrogens with zero attached hydrogens (tertiary/aromatic N) is 4. The molecule has 0 aliphatic heterocycles. The molecule has 6 nitrogen and oxygen atoms in total. The van der Waals surface area contributed by atoms with Crippen LogP contribution in [0.1, 0.15) is 20.9 Å². The van der Waals surface area contributed by atoms with Gasteiger partial charge in [-0.2, -0.15) is 5.10 Å². The molecule has 0 spiro atoms. The predicted octanol–water partition coefficient (Wildman–Crippen LogP) is 4.12. The Kier molecular flexibility index (Phi) is 4.97. The Morgan fingerprint density at radius 3 is 2.86 bits per heavy atom. The summed E-state index contributed by atoms with van der Waals surface area (Å²) < 4.78 is 28.0. The highest BCUT2D eigenvalue weighted by atomic mass is 32.1. The number of hydrogen-bond donors (Lipinski definition) is 1. The first-order valence-corrected chi connectivity index (χ1v) is 9.82. The Morgan fingerprint density at radius 1 is 1.25 bits per heavy atom. The molecule has 10 heteroatoms. The average Bonchev–Trinajstić information content (AvgIpc) is 3.39. The van der Waals surface area contributed by atoms with Gasteiger partial charge in [-0.05, 0) is 17.7 Å². The van der Waals surface area contributed by atoms with Crippen LogP contribution in [0.3, 0.4) is 0 Å². The van der Waals surface area contributed by atoms with Gasteiger partial charge >= 0.3 is 0 Å². The number of halogens is 2. The van der Waals surface area contributed by atoms with E-state index < -0.39 is 11.6 Å². The van der Waals surface area contributed by atoms with E-state index in [1.165, 1.54) is 28.7 Å². The molecule has 4 rings (SSSR count). The standard InChI is InChI=1S/C18H13F2N5OS2/c1-25-8-11(6-22-25)17-23-15(9-27-17)16(26)24-18-21-7-12(28-18)4-10-2-3-13(19)14(20)5-10/h2-3,5-9H,4H2,1H3,(H,21,24,26). The van der Waals surface area contributed by atoms with Crippen molar-refractivity contribution in [1.29, 1.82) is 0 Å². The Balaban J connectivity index is 1.43. The molecule has 0 bridgehead atoms. The van der Waals surface area contributed by atoms with Crippen LogP contribution in [0.25, 0.3) is 10.6 Å². The summed E-state index contributed by atoms with van der Waals surface area (Å²) in [5.74, 6) is -2.13. The first-order chi connectivity index (χ1) is 13.5. The summed E-state index contributed by atoms with van der Waals surface area (Å²) in [5, 5.41) is 9.60. The first kappa shape index (κ1) is 18.4. The molecule has 1 aromatic carbocycles. The molecule has 0 unspecified atom stereocenters. The molecular weight excluding hydrogens is 404 g/mol. The number of aromatic nitrogens is 4. The van der Waals surface area contributed by atoms with Gasteiger partial charge in [0.25, 0.3) is 5.91 Å². The van der Waals surface area contributed by atoms with Crippen molar-refractivity contribution in [3.8, 4) is 10.6 Å². The van der Waals surface area contributed by atoms with E-state index in [2.05, 4.69) is 20.4 Å². The number of anilines is 1. The summed E-state index contributed by atoms with van der Waals surface area (Å²) in [6.07, 6.45) is 5.51. The molecule has 3 heterocycles. The van der Waals surface area contributed by atoms with Crippen molar-refractivity contribution < 1.29 is 13.6 Å². The monoisotopic (exact) mass is 417 g/mol. The van der Waals surface area contributed by atoms with E-state index in [1.807, 2.05) is 13.2 Å². The summed E-state index contributed by atoms with van der Waals surface area (Å²) in [5.41, 5.74) is 1.76. The molecule has 0 aliphatic carbocycles. The van der Waals surface area contributed by atoms with Gasteiger partial charge < -0.3 is 0 Å². The van der Waals surface area contributed by atoms with Gasteiger partial charge in [-0.3, -0.25) is 14.8 Å². The lowest BCUT2D eigenvalue weighted by molar-refractivity contribution is 0.102. The van der Waals surface area contributed by atoms with Crippen LogP contribution in [0.2, 0.25) is 0 Å². The Labute approximate surface area is 166 Å². The number of nitrogens with one attached hydrogen (secondary N) is 1. The fraction of sp³-hybridized carbons (Fsp3) is 0.111. The lowest BCUT2D eigenvalue weighted by Crippen LogP contribution is -2.11. The van der Waals surface area contributed by atoms with Crippen LogP contribution in [0.4, 0.5) is 13.9 Å². The maximum Gasteiger partial charge on any atom is 0.276 e. The van der Waals surface area contributed by atoms with Gasteiger partial charge in [0.1, 0.15) is 10.7 Å². The number of amides is 1. The van der Waals surface area contributed by atoms with Crippen LogP contribution < -0.4 is 5.32 Å². The predicted molar refractivity (Wildman–Crippen MR) is 104 cm³/mol. The van der Waals surface area contributed by atoms with Crippen LogP contribution in [-0.2, 0) is 13.5 Å². The van der Waals surface area contributed by atoms with Crippen molar-refractivity contribution in [2.75, 3.05) is 5.32 Å². The Hall–Kier alpha value is -2.98. The zero-order valence-corrected chi connectivity index (χ0v) is 16.2. The van der Waals surface area contributed by atoms with Crippen molar-refractivity contribution >= 4 is 33.7 Å². The number of hydrogen-bond acceptors (Lipinski definition) is 6. The van der Waals surface area contributed by atoms with Crippen molar-refractivity contribution in [2.45, 2.75) is 6.42 Å². The van der Waals surface area contributed by atoms with E-state index in [1.54, 1.807) is 22.5 Å². The molecule has 0 atom stereocenters. The lowest BCUT2D eigenvalue weighted by atomic mass is 10.1. The zero-order valence-electron chi connectivity index (χ0n) is 14.5. The van der Waals surface area contributed by atoms with Crippen LogP contribution in [-0.4, -0.2) is 25.7 Å². The summed E-state index contributed by atoms with van der Waals surface area (Å²) in [7, 11) is 1.81. The Morgan fingerprint density at radius 2 is 2.11 bits per heavy atom. The van der Waals surface area contributed by atoms with Gasteiger partial charge in [-0.1, -0.05) is 6.07 Å². The van der Waals surface area contributed by atoms with Crippen LogP contribution in [0.5, 0.6) is 0 Å². The Bertz CT molecular complexity index is 1150. The molecule has 4 aromatic rings. The molecule has 3 aromatic heterocycles. The van der Waals surface area contributed by atoms with E-state index >= 15 is 0 Å². The minimum atomic E-state index is -0.886.